The number of rotatable bonds is 11. The molecule has 0 unspecified atom stereocenters. The minimum atomic E-state index is -0.725. The third-order valence-electron chi connectivity index (χ3n) is 6.68. The maximum atomic E-state index is 14.3. The van der Waals surface area contributed by atoms with Gasteiger partial charge in [0.05, 0.1) is 25.4 Å². The molecule has 36 heavy (non-hydrogen) atoms. The molecule has 0 aliphatic carbocycles. The number of carbonyl (C=O) groups excluding carboxylic acids is 1. The van der Waals surface area contributed by atoms with Gasteiger partial charge in [-0.05, 0) is 106 Å². The zero-order valence-corrected chi connectivity index (χ0v) is 21.6. The van der Waals surface area contributed by atoms with Gasteiger partial charge < -0.3 is 14.6 Å². The highest BCUT2D eigenvalue weighted by atomic mass is 19.1. The number of halogens is 2. The predicted molar refractivity (Wildman–Crippen MR) is 137 cm³/mol. The predicted octanol–water partition coefficient (Wildman–Crippen LogP) is 5.30. The van der Waals surface area contributed by atoms with Gasteiger partial charge in [-0.1, -0.05) is 12.1 Å². The molecule has 0 aromatic heterocycles. The Hall–Kier alpha value is -2.61. The summed E-state index contributed by atoms with van der Waals surface area (Å²) in [5.74, 6) is -1.02. The average Bonchev–Trinajstić information content (AvgIpc) is 3.26. The van der Waals surface area contributed by atoms with Gasteiger partial charge in [-0.2, -0.15) is 0 Å². The van der Waals surface area contributed by atoms with E-state index in [0.29, 0.717) is 28.8 Å². The SMILES string of the molecule is CCOC(=O)/C=C/c1cc(C)c(F)cc1[C@@H](C)OC[C@H](O)CN1CCC[C@H]1Cc1ccc(C)c(F)c1. The Labute approximate surface area is 212 Å². The largest absolute Gasteiger partial charge is 0.463 e. The summed E-state index contributed by atoms with van der Waals surface area (Å²) in [6.07, 6.45) is 4.45. The van der Waals surface area contributed by atoms with Gasteiger partial charge in [0.2, 0.25) is 0 Å². The normalized spacial score (nSPS) is 18.0. The molecule has 1 fully saturated rings. The van der Waals surface area contributed by atoms with Crippen LogP contribution < -0.4 is 0 Å². The summed E-state index contributed by atoms with van der Waals surface area (Å²) in [6.45, 7) is 8.61. The maximum absolute atomic E-state index is 14.3. The molecular weight excluding hydrogens is 464 g/mol. The van der Waals surface area contributed by atoms with E-state index in [4.69, 9.17) is 9.47 Å². The second-order valence-corrected chi connectivity index (χ2v) is 9.52. The third kappa shape index (κ3) is 7.69. The molecule has 0 saturated carbocycles. The van der Waals surface area contributed by atoms with E-state index >= 15 is 0 Å². The molecule has 1 N–H and O–H groups in total. The lowest BCUT2D eigenvalue weighted by atomic mass is 9.99. The van der Waals surface area contributed by atoms with E-state index in [-0.39, 0.29) is 30.9 Å². The molecule has 5 nitrogen and oxygen atoms in total. The molecule has 0 radical (unpaired) electrons. The van der Waals surface area contributed by atoms with Crippen LogP contribution >= 0.6 is 0 Å². The summed E-state index contributed by atoms with van der Waals surface area (Å²) < 4.78 is 39.1. The van der Waals surface area contributed by atoms with Crippen LogP contribution in [0.3, 0.4) is 0 Å². The molecule has 0 spiro atoms. The first kappa shape index (κ1) is 28.0. The fourth-order valence-corrected chi connectivity index (χ4v) is 4.63. The number of β-amino-alcohol motifs (C(OH)–C–C–N with tert-alkyl or cyclic N) is 1. The van der Waals surface area contributed by atoms with Crippen molar-refractivity contribution < 1.29 is 28.2 Å². The van der Waals surface area contributed by atoms with Gasteiger partial charge in [0.15, 0.2) is 0 Å². The monoisotopic (exact) mass is 501 g/mol. The number of aliphatic hydroxyl groups is 1. The van der Waals surface area contributed by atoms with Crippen LogP contribution in [0, 0.1) is 25.5 Å². The molecule has 1 aliphatic heterocycles. The van der Waals surface area contributed by atoms with E-state index in [2.05, 4.69) is 4.90 Å². The van der Waals surface area contributed by atoms with Crippen molar-refractivity contribution in [1.82, 2.24) is 4.90 Å². The highest BCUT2D eigenvalue weighted by Crippen LogP contribution is 2.27. The molecule has 0 bridgehead atoms. The molecule has 1 saturated heterocycles. The molecule has 0 amide bonds. The van der Waals surface area contributed by atoms with Crippen molar-refractivity contribution in [2.45, 2.75) is 65.2 Å². The molecule has 2 aromatic rings. The van der Waals surface area contributed by atoms with E-state index in [1.807, 2.05) is 6.07 Å². The van der Waals surface area contributed by atoms with Crippen LogP contribution in [0.2, 0.25) is 0 Å². The summed E-state index contributed by atoms with van der Waals surface area (Å²) >= 11 is 0. The van der Waals surface area contributed by atoms with Crippen LogP contribution in [0.25, 0.3) is 6.08 Å². The quantitative estimate of drug-likeness (QED) is 0.334. The molecule has 7 heteroatoms. The number of esters is 1. The second-order valence-electron chi connectivity index (χ2n) is 9.52. The van der Waals surface area contributed by atoms with Crippen LogP contribution in [0.4, 0.5) is 8.78 Å². The van der Waals surface area contributed by atoms with Crippen LogP contribution in [0.15, 0.2) is 36.4 Å². The average molecular weight is 502 g/mol. The number of hydrogen-bond donors (Lipinski definition) is 1. The Kier molecular flexibility index (Phi) is 10.2. The van der Waals surface area contributed by atoms with E-state index < -0.39 is 18.2 Å². The summed E-state index contributed by atoms with van der Waals surface area (Å²) in [7, 11) is 0. The Morgan fingerprint density at radius 2 is 1.94 bits per heavy atom. The van der Waals surface area contributed by atoms with Crippen LogP contribution in [0.5, 0.6) is 0 Å². The highest BCUT2D eigenvalue weighted by Gasteiger charge is 2.27. The zero-order valence-electron chi connectivity index (χ0n) is 21.6. The number of likely N-dealkylation sites (tertiary alicyclic amines) is 1. The lowest BCUT2D eigenvalue weighted by Crippen LogP contribution is -2.39. The summed E-state index contributed by atoms with van der Waals surface area (Å²) in [6, 6.07) is 8.68. The molecule has 1 aliphatic rings. The van der Waals surface area contributed by atoms with E-state index in [1.54, 1.807) is 52.0 Å². The molecule has 3 rings (SSSR count). The Morgan fingerprint density at radius 3 is 2.67 bits per heavy atom. The first-order valence-electron chi connectivity index (χ1n) is 12.6. The summed E-state index contributed by atoms with van der Waals surface area (Å²) in [5, 5.41) is 10.7. The fraction of sp³-hybridized carbons (Fsp3) is 0.483. The van der Waals surface area contributed by atoms with Gasteiger partial charge in [-0.15, -0.1) is 0 Å². The minimum Gasteiger partial charge on any atom is -0.463 e. The number of aryl methyl sites for hydroxylation is 2. The van der Waals surface area contributed by atoms with Gasteiger partial charge in [0.1, 0.15) is 11.6 Å². The highest BCUT2D eigenvalue weighted by molar-refractivity contribution is 5.87. The fourth-order valence-electron chi connectivity index (χ4n) is 4.63. The van der Waals surface area contributed by atoms with E-state index in [9.17, 15) is 18.7 Å². The standard InChI is InChI=1S/C29H37F2NO4/c1-5-35-29(34)11-10-23-13-20(3)28(31)16-26(23)21(4)36-18-25(33)17-32-12-6-7-24(32)14-22-9-8-19(2)27(30)15-22/h8-11,13,15-16,21,24-25,33H,5-7,12,14,17-18H2,1-4H3/b11-10+/t21-,24+,25-/m1/s1. The Balaban J connectivity index is 1.59. The number of aliphatic hydroxyl groups excluding tert-OH is 1. The van der Waals surface area contributed by atoms with E-state index in [1.165, 1.54) is 12.1 Å². The Morgan fingerprint density at radius 1 is 1.19 bits per heavy atom. The number of carbonyl (C=O) groups is 1. The van der Waals surface area contributed by atoms with Crippen LogP contribution in [0.1, 0.15) is 60.6 Å². The number of nitrogens with zero attached hydrogens (tertiary/aromatic N) is 1. The molecule has 3 atom stereocenters. The van der Waals surface area contributed by atoms with Crippen molar-refractivity contribution in [1.29, 1.82) is 0 Å². The van der Waals surface area contributed by atoms with Gasteiger partial charge >= 0.3 is 5.97 Å². The molecule has 196 valence electrons. The number of ether oxygens (including phenoxy) is 2. The molecule has 2 aromatic carbocycles. The van der Waals surface area contributed by atoms with Gasteiger partial charge in [0, 0.05) is 18.7 Å². The topological polar surface area (TPSA) is 59.0 Å². The first-order chi connectivity index (χ1) is 17.2. The van der Waals surface area contributed by atoms with Gasteiger partial charge in [0.25, 0.3) is 0 Å². The van der Waals surface area contributed by atoms with Crippen molar-refractivity contribution in [3.8, 4) is 0 Å². The van der Waals surface area contributed by atoms with Crippen molar-refractivity contribution in [2.75, 3.05) is 26.3 Å². The summed E-state index contributed by atoms with van der Waals surface area (Å²) in [5.41, 5.74) is 3.30. The van der Waals surface area contributed by atoms with Crippen molar-refractivity contribution in [2.24, 2.45) is 0 Å². The molecule has 1 heterocycles. The lowest BCUT2D eigenvalue weighted by Gasteiger charge is -2.27. The molecular formula is C29H37F2NO4. The smallest absolute Gasteiger partial charge is 0.330 e. The second kappa shape index (κ2) is 13.1. The number of hydrogen-bond acceptors (Lipinski definition) is 5. The third-order valence-corrected chi connectivity index (χ3v) is 6.68. The maximum Gasteiger partial charge on any atom is 0.330 e. The van der Waals surface area contributed by atoms with Crippen molar-refractivity contribution in [3.05, 3.63) is 75.9 Å². The van der Waals surface area contributed by atoms with E-state index in [0.717, 1.165) is 31.4 Å². The summed E-state index contributed by atoms with van der Waals surface area (Å²) in [4.78, 5) is 14.0. The van der Waals surface area contributed by atoms with Gasteiger partial charge in [-0.3, -0.25) is 4.90 Å². The minimum absolute atomic E-state index is 0.0834. The van der Waals surface area contributed by atoms with Crippen molar-refractivity contribution >= 4 is 12.0 Å². The van der Waals surface area contributed by atoms with Gasteiger partial charge in [-0.25, -0.2) is 13.6 Å². The van der Waals surface area contributed by atoms with Crippen LogP contribution in [-0.4, -0.2) is 54.4 Å². The lowest BCUT2D eigenvalue weighted by molar-refractivity contribution is -0.137. The van der Waals surface area contributed by atoms with Crippen molar-refractivity contribution in [3.63, 3.8) is 0 Å². The number of benzene rings is 2. The van der Waals surface area contributed by atoms with Crippen LogP contribution in [-0.2, 0) is 20.7 Å². The first-order valence-corrected chi connectivity index (χ1v) is 12.6. The Bertz CT molecular complexity index is 1070. The zero-order chi connectivity index (χ0) is 26.2.